The molecule has 0 unspecified atom stereocenters. The second-order valence-corrected chi connectivity index (χ2v) is 6.03. The molecular weight excluding hydrogens is 250 g/mol. The third-order valence-corrected chi connectivity index (χ3v) is 3.16. The zero-order valence-electron chi connectivity index (χ0n) is 10.6. The number of nitrogens with zero attached hydrogens (tertiary/aromatic N) is 2. The minimum absolute atomic E-state index is 0.00303. The van der Waals surface area contributed by atoms with Gasteiger partial charge in [0.1, 0.15) is 11.2 Å². The third-order valence-electron chi connectivity index (χ3n) is 2.26. The monoisotopic (exact) mass is 265 g/mol. The van der Waals surface area contributed by atoms with E-state index in [0.29, 0.717) is 10.2 Å². The van der Waals surface area contributed by atoms with Gasteiger partial charge in [-0.1, -0.05) is 0 Å². The third kappa shape index (κ3) is 2.76. The first-order valence-corrected chi connectivity index (χ1v) is 6.48. The van der Waals surface area contributed by atoms with Crippen molar-refractivity contribution in [3.63, 3.8) is 0 Å². The number of carbonyl (C=O) groups excluding carboxylic acids is 1. The molecule has 0 saturated heterocycles. The molecule has 0 aliphatic rings. The fourth-order valence-corrected chi connectivity index (χ4v) is 2.40. The van der Waals surface area contributed by atoms with Crippen molar-refractivity contribution in [2.75, 3.05) is 0 Å². The number of hydrogen-bond acceptors (Lipinski definition) is 4. The van der Waals surface area contributed by atoms with E-state index in [-0.39, 0.29) is 23.6 Å². The molecule has 0 radical (unpaired) electrons. The number of amides is 1. The predicted octanol–water partition coefficient (Wildman–Crippen LogP) is 1.37. The molecule has 0 fully saturated rings. The number of nitrogens with one attached hydrogen (secondary N) is 1. The van der Waals surface area contributed by atoms with E-state index in [4.69, 9.17) is 0 Å². The number of rotatable bonds is 2. The smallest absolute Gasteiger partial charge is 0.271 e. The SMILES string of the molecule is CC(C)(C)NC(=O)Cn1cnc2ccsc2c1=O. The average Bonchev–Trinajstić information content (AvgIpc) is 2.68. The van der Waals surface area contributed by atoms with Crippen LogP contribution in [0.4, 0.5) is 0 Å². The second kappa shape index (κ2) is 4.53. The number of thiophene rings is 1. The summed E-state index contributed by atoms with van der Waals surface area (Å²) in [5.74, 6) is -0.192. The van der Waals surface area contributed by atoms with Crippen LogP contribution < -0.4 is 10.9 Å². The first-order chi connectivity index (χ1) is 8.37. The summed E-state index contributed by atoms with van der Waals surface area (Å²) in [6.07, 6.45) is 1.42. The highest BCUT2D eigenvalue weighted by molar-refractivity contribution is 7.17. The minimum atomic E-state index is -0.304. The molecule has 2 aromatic rings. The number of hydrogen-bond donors (Lipinski definition) is 1. The largest absolute Gasteiger partial charge is 0.350 e. The highest BCUT2D eigenvalue weighted by Crippen LogP contribution is 2.13. The highest BCUT2D eigenvalue weighted by Gasteiger charge is 2.15. The van der Waals surface area contributed by atoms with Crippen LogP contribution in [0.5, 0.6) is 0 Å². The van der Waals surface area contributed by atoms with Crippen molar-refractivity contribution < 1.29 is 4.79 Å². The van der Waals surface area contributed by atoms with Gasteiger partial charge in [0.15, 0.2) is 0 Å². The summed E-state index contributed by atoms with van der Waals surface area (Å²) in [6, 6.07) is 1.79. The maximum atomic E-state index is 12.0. The molecule has 0 spiro atoms. The van der Waals surface area contributed by atoms with Crippen LogP contribution in [0.2, 0.25) is 0 Å². The summed E-state index contributed by atoms with van der Waals surface area (Å²) in [7, 11) is 0. The summed E-state index contributed by atoms with van der Waals surface area (Å²) in [4.78, 5) is 27.9. The Hall–Kier alpha value is -1.69. The maximum absolute atomic E-state index is 12.0. The van der Waals surface area contributed by atoms with Gasteiger partial charge in [-0.05, 0) is 32.2 Å². The van der Waals surface area contributed by atoms with Gasteiger partial charge >= 0.3 is 0 Å². The van der Waals surface area contributed by atoms with E-state index in [9.17, 15) is 9.59 Å². The van der Waals surface area contributed by atoms with Crippen molar-refractivity contribution in [1.82, 2.24) is 14.9 Å². The van der Waals surface area contributed by atoms with Gasteiger partial charge in [-0.2, -0.15) is 0 Å². The highest BCUT2D eigenvalue weighted by atomic mass is 32.1. The number of aromatic nitrogens is 2. The molecule has 0 aliphatic carbocycles. The molecule has 6 heteroatoms. The van der Waals surface area contributed by atoms with Crippen LogP contribution in [0, 0.1) is 0 Å². The second-order valence-electron chi connectivity index (χ2n) is 5.11. The van der Waals surface area contributed by atoms with Crippen LogP contribution >= 0.6 is 11.3 Å². The van der Waals surface area contributed by atoms with Gasteiger partial charge in [0.2, 0.25) is 5.91 Å². The van der Waals surface area contributed by atoms with Crippen LogP contribution in [0.3, 0.4) is 0 Å². The molecule has 1 N–H and O–H groups in total. The fourth-order valence-electron chi connectivity index (χ4n) is 1.60. The molecule has 0 atom stereocenters. The Balaban J connectivity index is 2.24. The molecule has 0 aromatic carbocycles. The Morgan fingerprint density at radius 2 is 2.22 bits per heavy atom. The molecular formula is C12H15N3O2S. The van der Waals surface area contributed by atoms with Gasteiger partial charge < -0.3 is 5.32 Å². The van der Waals surface area contributed by atoms with Crippen molar-refractivity contribution in [3.8, 4) is 0 Å². The summed E-state index contributed by atoms with van der Waals surface area (Å²) >= 11 is 1.34. The predicted molar refractivity (Wildman–Crippen MR) is 71.8 cm³/mol. The van der Waals surface area contributed by atoms with E-state index < -0.39 is 0 Å². The average molecular weight is 265 g/mol. The van der Waals surface area contributed by atoms with Crippen LogP contribution in [-0.2, 0) is 11.3 Å². The van der Waals surface area contributed by atoms with E-state index in [1.165, 1.54) is 22.2 Å². The molecule has 18 heavy (non-hydrogen) atoms. The van der Waals surface area contributed by atoms with E-state index in [2.05, 4.69) is 10.3 Å². The Kier molecular flexibility index (Phi) is 3.21. The lowest BCUT2D eigenvalue weighted by atomic mass is 10.1. The van der Waals surface area contributed by atoms with Gasteiger partial charge in [0.05, 0.1) is 11.8 Å². The van der Waals surface area contributed by atoms with Gasteiger partial charge in [0, 0.05) is 5.54 Å². The van der Waals surface area contributed by atoms with E-state index in [0.717, 1.165) is 0 Å². The van der Waals surface area contributed by atoms with Gasteiger partial charge in [-0.3, -0.25) is 14.2 Å². The Bertz CT molecular complexity index is 637. The zero-order chi connectivity index (χ0) is 13.3. The molecule has 2 aromatic heterocycles. The molecule has 2 heterocycles. The molecule has 0 aliphatic heterocycles. The van der Waals surface area contributed by atoms with Crippen molar-refractivity contribution in [2.24, 2.45) is 0 Å². The van der Waals surface area contributed by atoms with Crippen molar-refractivity contribution >= 4 is 27.5 Å². The summed E-state index contributed by atoms with van der Waals surface area (Å²) in [5, 5.41) is 4.63. The van der Waals surface area contributed by atoms with Gasteiger partial charge in [-0.15, -0.1) is 11.3 Å². The molecule has 0 saturated carbocycles. The zero-order valence-corrected chi connectivity index (χ0v) is 11.4. The van der Waals surface area contributed by atoms with E-state index >= 15 is 0 Å². The molecule has 96 valence electrons. The minimum Gasteiger partial charge on any atom is -0.350 e. The molecule has 2 rings (SSSR count). The molecule has 5 nitrogen and oxygen atoms in total. The topological polar surface area (TPSA) is 64.0 Å². The van der Waals surface area contributed by atoms with Crippen LogP contribution in [0.25, 0.3) is 10.2 Å². The van der Waals surface area contributed by atoms with Crippen molar-refractivity contribution in [2.45, 2.75) is 32.9 Å². The molecule has 0 bridgehead atoms. The lowest BCUT2D eigenvalue weighted by Crippen LogP contribution is -2.43. The standard InChI is InChI=1S/C12H15N3O2S/c1-12(2,3)14-9(16)6-15-7-13-8-4-5-18-10(8)11(15)17/h4-5,7H,6H2,1-3H3,(H,14,16). The summed E-state index contributed by atoms with van der Waals surface area (Å²) in [6.45, 7) is 5.69. The number of carbonyl (C=O) groups is 1. The molecule has 1 amide bonds. The summed E-state index contributed by atoms with van der Waals surface area (Å²) in [5.41, 5.74) is 0.206. The Labute approximate surface area is 108 Å². The lowest BCUT2D eigenvalue weighted by molar-refractivity contribution is -0.123. The van der Waals surface area contributed by atoms with Gasteiger partial charge in [0.25, 0.3) is 5.56 Å². The Morgan fingerprint density at radius 1 is 1.50 bits per heavy atom. The van der Waals surface area contributed by atoms with Crippen molar-refractivity contribution in [3.05, 3.63) is 28.1 Å². The number of fused-ring (bicyclic) bond motifs is 1. The van der Waals surface area contributed by atoms with Crippen LogP contribution in [0.1, 0.15) is 20.8 Å². The first kappa shape index (κ1) is 12.8. The van der Waals surface area contributed by atoms with Crippen molar-refractivity contribution in [1.29, 1.82) is 0 Å². The summed E-state index contributed by atoms with van der Waals surface area (Å²) < 4.78 is 1.92. The maximum Gasteiger partial charge on any atom is 0.271 e. The first-order valence-electron chi connectivity index (χ1n) is 5.60. The normalized spacial score (nSPS) is 11.7. The van der Waals surface area contributed by atoms with E-state index in [1.54, 1.807) is 6.07 Å². The fraction of sp³-hybridized carbons (Fsp3) is 0.417. The lowest BCUT2D eigenvalue weighted by Gasteiger charge is -2.20. The Morgan fingerprint density at radius 3 is 2.89 bits per heavy atom. The van der Waals surface area contributed by atoms with Gasteiger partial charge in [-0.25, -0.2) is 4.98 Å². The quantitative estimate of drug-likeness (QED) is 0.892. The van der Waals surface area contributed by atoms with Crippen LogP contribution in [0.15, 0.2) is 22.6 Å². The van der Waals surface area contributed by atoms with E-state index in [1.807, 2.05) is 26.2 Å². The van der Waals surface area contributed by atoms with Crippen LogP contribution in [-0.4, -0.2) is 21.0 Å².